The monoisotopic (exact) mass is 432 g/mol. The molecule has 0 aromatic heterocycles. The molecule has 3 fully saturated rings. The van der Waals surface area contributed by atoms with Crippen LogP contribution in [0.4, 0.5) is 0 Å². The van der Waals surface area contributed by atoms with Crippen LogP contribution in [-0.4, -0.2) is 23.8 Å². The Kier molecular flexibility index (Phi) is 16.3. The average Bonchev–Trinajstić information content (AvgIpc) is 3.16. The Bertz CT molecular complexity index is 588. The molecule has 31 heavy (non-hydrogen) atoms. The molecular weight excluding hydrogens is 384 g/mol. The summed E-state index contributed by atoms with van der Waals surface area (Å²) in [5.74, 6) is 1.62. The van der Waals surface area contributed by atoms with Crippen LogP contribution in [0.3, 0.4) is 0 Å². The fraction of sp³-hybridized carbons (Fsp3) is 0.714. The van der Waals surface area contributed by atoms with Gasteiger partial charge in [-0.1, -0.05) is 65.7 Å². The lowest BCUT2D eigenvalue weighted by molar-refractivity contribution is -0.107. The minimum atomic E-state index is -0.249. The normalized spacial score (nSPS) is 36.4. The molecule has 0 bridgehead atoms. The summed E-state index contributed by atoms with van der Waals surface area (Å²) in [5.41, 5.74) is 1.38. The lowest BCUT2D eigenvalue weighted by Crippen LogP contribution is -2.54. The van der Waals surface area contributed by atoms with Crippen molar-refractivity contribution in [1.29, 1.82) is 0 Å². The number of fused-ring (bicyclic) bond motifs is 3. The highest BCUT2D eigenvalue weighted by atomic mass is 16.3. The van der Waals surface area contributed by atoms with Crippen LogP contribution in [0.25, 0.3) is 0 Å². The second kappa shape index (κ2) is 16.0. The van der Waals surface area contributed by atoms with Crippen molar-refractivity contribution in [2.75, 3.05) is 0 Å². The van der Waals surface area contributed by atoms with Crippen molar-refractivity contribution in [3.63, 3.8) is 0 Å². The molecule has 0 spiro atoms. The lowest BCUT2D eigenvalue weighted by atomic mass is 9.48. The number of hydrogen-bond acceptors (Lipinski definition) is 3. The van der Waals surface area contributed by atoms with Crippen LogP contribution in [-0.2, 0) is 9.59 Å². The number of rotatable bonds is 2. The van der Waals surface area contributed by atoms with E-state index in [0.717, 1.165) is 37.8 Å². The maximum atomic E-state index is 11.1. The lowest BCUT2D eigenvalue weighted by Gasteiger charge is -2.57. The zero-order valence-corrected chi connectivity index (χ0v) is 21.4. The van der Waals surface area contributed by atoms with Gasteiger partial charge in [-0.15, -0.1) is 12.8 Å². The summed E-state index contributed by atoms with van der Waals surface area (Å²) in [5, 5.41) is 11.0. The van der Waals surface area contributed by atoms with Crippen LogP contribution in [0.2, 0.25) is 0 Å². The SMILES string of the molecule is C#C.C/C=C\C1(C)/C(=C\C=O)CCC2C3CCCC3(C)CC(O)C21.CC.CC.CC=O. The number of aliphatic hydroxyl groups excluding tert-OH is 1. The Morgan fingerprint density at radius 1 is 1.03 bits per heavy atom. The fourth-order valence-corrected chi connectivity index (χ4v) is 6.32. The zero-order chi connectivity index (χ0) is 24.7. The molecule has 3 rings (SSSR count). The molecule has 0 amide bonds. The predicted molar refractivity (Wildman–Crippen MR) is 134 cm³/mol. The molecule has 0 heterocycles. The summed E-state index contributed by atoms with van der Waals surface area (Å²) in [7, 11) is 0. The maximum absolute atomic E-state index is 11.1. The van der Waals surface area contributed by atoms with Gasteiger partial charge in [-0.25, -0.2) is 0 Å². The Labute approximate surface area is 192 Å². The Hall–Kier alpha value is -1.66. The van der Waals surface area contributed by atoms with Crippen molar-refractivity contribution >= 4 is 12.6 Å². The van der Waals surface area contributed by atoms with Crippen LogP contribution in [0, 0.1) is 41.4 Å². The maximum Gasteiger partial charge on any atom is 0.142 e. The first kappa shape index (κ1) is 31.5. The number of hydrogen-bond donors (Lipinski definition) is 1. The van der Waals surface area contributed by atoms with Crippen LogP contribution >= 0.6 is 0 Å². The molecule has 0 aromatic carbocycles. The van der Waals surface area contributed by atoms with E-state index in [1.54, 1.807) is 6.08 Å². The van der Waals surface area contributed by atoms with Gasteiger partial charge in [-0.05, 0) is 69.3 Å². The molecule has 178 valence electrons. The highest BCUT2D eigenvalue weighted by Gasteiger charge is 2.58. The molecule has 0 saturated heterocycles. The Balaban J connectivity index is 0. The zero-order valence-electron chi connectivity index (χ0n) is 21.4. The predicted octanol–water partition coefficient (Wildman–Crippen LogP) is 6.80. The smallest absolute Gasteiger partial charge is 0.142 e. The third-order valence-corrected chi connectivity index (χ3v) is 7.14. The average molecular weight is 433 g/mol. The van der Waals surface area contributed by atoms with E-state index in [2.05, 4.69) is 38.8 Å². The first-order valence-electron chi connectivity index (χ1n) is 12.1. The van der Waals surface area contributed by atoms with Crippen molar-refractivity contribution in [3.05, 3.63) is 23.8 Å². The molecular formula is C28H48O3. The molecule has 3 saturated carbocycles. The number of carbonyl (C=O) groups excluding carboxylic acids is 2. The number of aliphatic hydroxyl groups is 1. The summed E-state index contributed by atoms with van der Waals surface area (Å²) in [6, 6.07) is 0. The van der Waals surface area contributed by atoms with Crippen LogP contribution in [0.15, 0.2) is 23.8 Å². The number of terminal acetylenes is 1. The van der Waals surface area contributed by atoms with Crippen molar-refractivity contribution in [1.82, 2.24) is 0 Å². The van der Waals surface area contributed by atoms with Crippen molar-refractivity contribution < 1.29 is 14.7 Å². The van der Waals surface area contributed by atoms with Crippen LogP contribution < -0.4 is 0 Å². The van der Waals surface area contributed by atoms with Gasteiger partial charge in [0, 0.05) is 11.3 Å². The van der Waals surface area contributed by atoms with E-state index in [1.165, 1.54) is 31.8 Å². The van der Waals surface area contributed by atoms with Gasteiger partial charge in [-0.3, -0.25) is 4.79 Å². The van der Waals surface area contributed by atoms with Gasteiger partial charge in [-0.2, -0.15) is 0 Å². The van der Waals surface area contributed by atoms with Gasteiger partial charge in [0.25, 0.3) is 0 Å². The Morgan fingerprint density at radius 3 is 2.06 bits per heavy atom. The molecule has 0 aromatic rings. The second-order valence-electron chi connectivity index (χ2n) is 8.50. The van der Waals surface area contributed by atoms with Gasteiger partial charge < -0.3 is 9.90 Å². The summed E-state index contributed by atoms with van der Waals surface area (Å²) in [6.45, 7) is 16.1. The summed E-state index contributed by atoms with van der Waals surface area (Å²) in [6.07, 6.45) is 22.5. The third kappa shape index (κ3) is 7.18. The minimum absolute atomic E-state index is 0.165. The largest absolute Gasteiger partial charge is 0.393 e. The van der Waals surface area contributed by atoms with E-state index in [9.17, 15) is 9.90 Å². The molecule has 0 aliphatic heterocycles. The topological polar surface area (TPSA) is 54.4 Å². The molecule has 3 heteroatoms. The van der Waals surface area contributed by atoms with Gasteiger partial charge >= 0.3 is 0 Å². The van der Waals surface area contributed by atoms with Crippen LogP contribution in [0.1, 0.15) is 93.9 Å². The molecule has 0 radical (unpaired) electrons. The Morgan fingerprint density at radius 2 is 1.58 bits per heavy atom. The molecule has 6 unspecified atom stereocenters. The number of allylic oxidation sites excluding steroid dienone is 4. The van der Waals surface area contributed by atoms with Crippen LogP contribution in [0.5, 0.6) is 0 Å². The highest BCUT2D eigenvalue weighted by molar-refractivity contribution is 5.67. The minimum Gasteiger partial charge on any atom is -0.393 e. The number of carbonyl (C=O) groups is 2. The molecule has 3 aliphatic carbocycles. The second-order valence-corrected chi connectivity index (χ2v) is 8.50. The first-order chi connectivity index (χ1) is 14.9. The molecule has 3 nitrogen and oxygen atoms in total. The van der Waals surface area contributed by atoms with Gasteiger partial charge in [0.05, 0.1) is 6.10 Å². The van der Waals surface area contributed by atoms with E-state index < -0.39 is 0 Å². The van der Waals surface area contributed by atoms with E-state index >= 15 is 0 Å². The fourth-order valence-electron chi connectivity index (χ4n) is 6.32. The summed E-state index contributed by atoms with van der Waals surface area (Å²) >= 11 is 0. The van der Waals surface area contributed by atoms with E-state index in [1.807, 2.05) is 34.6 Å². The van der Waals surface area contributed by atoms with E-state index in [0.29, 0.717) is 11.3 Å². The molecule has 6 atom stereocenters. The standard InChI is InChI=1S/C20H30O2.C2H4O.2C2H6.C2H2/c1-4-10-20(3)14(9-12-21)7-8-15-16-6-5-11-19(16,2)13-17(22)18(15)20;1-2-3;3*1-2/h4,9-10,12,15-18,22H,5-8,11,13H2,1-3H3;2H,1H3;2*1-2H3;1-2H/b10-4-,14-9-;;;;. The third-order valence-electron chi connectivity index (χ3n) is 7.14. The molecule has 3 aliphatic rings. The van der Waals surface area contributed by atoms with Crippen molar-refractivity contribution in [2.45, 2.75) is 100 Å². The van der Waals surface area contributed by atoms with Gasteiger partial charge in [0.15, 0.2) is 0 Å². The quantitative estimate of drug-likeness (QED) is 0.226. The number of aldehydes is 2. The van der Waals surface area contributed by atoms with Gasteiger partial charge in [0.2, 0.25) is 0 Å². The summed E-state index contributed by atoms with van der Waals surface area (Å²) in [4.78, 5) is 19.9. The van der Waals surface area contributed by atoms with Crippen molar-refractivity contribution in [2.24, 2.45) is 28.6 Å². The van der Waals surface area contributed by atoms with Crippen molar-refractivity contribution in [3.8, 4) is 12.8 Å². The molecule has 1 N–H and O–H groups in total. The van der Waals surface area contributed by atoms with E-state index in [4.69, 9.17) is 4.79 Å². The first-order valence-corrected chi connectivity index (χ1v) is 12.1. The highest BCUT2D eigenvalue weighted by Crippen LogP contribution is 2.64. The van der Waals surface area contributed by atoms with E-state index in [-0.39, 0.29) is 17.4 Å². The summed E-state index contributed by atoms with van der Waals surface area (Å²) < 4.78 is 0. The van der Waals surface area contributed by atoms with Gasteiger partial charge in [0.1, 0.15) is 12.6 Å².